The van der Waals surface area contributed by atoms with Gasteiger partial charge in [0.05, 0.1) is 16.6 Å². The number of hydrogen-bond acceptors (Lipinski definition) is 4. The third-order valence-corrected chi connectivity index (χ3v) is 4.17. The quantitative estimate of drug-likeness (QED) is 0.906. The van der Waals surface area contributed by atoms with Crippen molar-refractivity contribution >= 4 is 11.5 Å². The monoisotopic (exact) mass is 275 g/mol. The van der Waals surface area contributed by atoms with E-state index in [0.29, 0.717) is 0 Å². The van der Waals surface area contributed by atoms with Crippen LogP contribution in [-0.2, 0) is 0 Å². The molecule has 0 fully saturated rings. The highest BCUT2D eigenvalue weighted by Gasteiger charge is 2.20. The summed E-state index contributed by atoms with van der Waals surface area (Å²) in [6.07, 6.45) is 1.12. The van der Waals surface area contributed by atoms with E-state index in [0.717, 1.165) is 18.7 Å². The first kappa shape index (κ1) is 14.2. The second-order valence-electron chi connectivity index (χ2n) is 4.97. The van der Waals surface area contributed by atoms with E-state index in [1.54, 1.807) is 0 Å². The van der Waals surface area contributed by atoms with Gasteiger partial charge in [-0.2, -0.15) is 0 Å². The zero-order valence-corrected chi connectivity index (χ0v) is 12.8. The molecule has 0 saturated heterocycles. The summed E-state index contributed by atoms with van der Waals surface area (Å²) in [6.45, 7) is 9.51. The third kappa shape index (κ3) is 3.19. The summed E-state index contributed by atoms with van der Waals surface area (Å²) in [5, 5.41) is 7.77. The largest absolute Gasteiger partial charge is 0.305 e. The molecule has 1 atom stereocenters. The lowest BCUT2D eigenvalue weighted by Crippen LogP contribution is -2.23. The van der Waals surface area contributed by atoms with Crippen molar-refractivity contribution in [3.05, 3.63) is 45.5 Å². The second kappa shape index (κ2) is 6.26. The van der Waals surface area contributed by atoms with Crippen molar-refractivity contribution in [2.45, 2.75) is 40.2 Å². The lowest BCUT2D eigenvalue weighted by atomic mass is 9.97. The standard InChI is InChI=1S/C15H21N3S/c1-5-8-16-14(15-12(4)17-18-19-15)13-7-6-10(2)9-11(13)3/h6-7,9,14,16H,5,8H2,1-4H3. The van der Waals surface area contributed by atoms with Crippen LogP contribution in [0, 0.1) is 20.8 Å². The molecule has 1 heterocycles. The highest BCUT2D eigenvalue weighted by Crippen LogP contribution is 2.29. The molecular weight excluding hydrogens is 254 g/mol. The Morgan fingerprint density at radius 2 is 2.05 bits per heavy atom. The Labute approximate surface area is 119 Å². The van der Waals surface area contributed by atoms with Crippen LogP contribution in [0.2, 0.25) is 0 Å². The first-order chi connectivity index (χ1) is 9.13. The van der Waals surface area contributed by atoms with Crippen LogP contribution in [0.4, 0.5) is 0 Å². The van der Waals surface area contributed by atoms with Crippen LogP contribution in [0.5, 0.6) is 0 Å². The molecule has 0 aliphatic rings. The van der Waals surface area contributed by atoms with Gasteiger partial charge >= 0.3 is 0 Å². The summed E-state index contributed by atoms with van der Waals surface area (Å²) in [6, 6.07) is 6.84. The summed E-state index contributed by atoms with van der Waals surface area (Å²) in [5.74, 6) is 0. The summed E-state index contributed by atoms with van der Waals surface area (Å²) in [5.41, 5.74) is 4.97. The van der Waals surface area contributed by atoms with Crippen LogP contribution >= 0.6 is 11.5 Å². The average Bonchev–Trinajstić information content (AvgIpc) is 2.78. The first-order valence-electron chi connectivity index (χ1n) is 6.73. The van der Waals surface area contributed by atoms with Gasteiger partial charge in [0.25, 0.3) is 0 Å². The molecule has 4 heteroatoms. The maximum absolute atomic E-state index is 4.15. The second-order valence-corrected chi connectivity index (χ2v) is 5.76. The van der Waals surface area contributed by atoms with E-state index in [4.69, 9.17) is 0 Å². The zero-order valence-electron chi connectivity index (χ0n) is 12.0. The molecule has 0 aliphatic heterocycles. The van der Waals surface area contributed by atoms with Crippen molar-refractivity contribution < 1.29 is 0 Å². The van der Waals surface area contributed by atoms with Crippen molar-refractivity contribution in [3.8, 4) is 0 Å². The van der Waals surface area contributed by atoms with Gasteiger partial charge in [0.1, 0.15) is 0 Å². The van der Waals surface area contributed by atoms with E-state index in [1.165, 1.54) is 33.1 Å². The van der Waals surface area contributed by atoms with Crippen LogP contribution < -0.4 is 5.32 Å². The third-order valence-electron chi connectivity index (χ3n) is 3.28. The van der Waals surface area contributed by atoms with Gasteiger partial charge in [0, 0.05) is 0 Å². The van der Waals surface area contributed by atoms with Crippen LogP contribution in [0.25, 0.3) is 0 Å². The number of rotatable bonds is 5. The average molecular weight is 275 g/mol. The molecule has 1 aromatic carbocycles. The minimum Gasteiger partial charge on any atom is -0.305 e. The Kier molecular flexibility index (Phi) is 4.66. The molecular formula is C15H21N3S. The number of nitrogens with zero attached hydrogens (tertiary/aromatic N) is 2. The highest BCUT2D eigenvalue weighted by molar-refractivity contribution is 7.05. The molecule has 2 rings (SSSR count). The Bertz CT molecular complexity index is 548. The minimum absolute atomic E-state index is 0.209. The van der Waals surface area contributed by atoms with E-state index in [-0.39, 0.29) is 6.04 Å². The number of benzene rings is 1. The van der Waals surface area contributed by atoms with Crippen LogP contribution in [0.1, 0.15) is 46.6 Å². The van der Waals surface area contributed by atoms with Crippen molar-refractivity contribution in [3.63, 3.8) is 0 Å². The molecule has 0 spiro atoms. The Hall–Kier alpha value is -1.26. The van der Waals surface area contributed by atoms with Gasteiger partial charge < -0.3 is 5.32 Å². The predicted octanol–water partition coefficient (Wildman–Crippen LogP) is 3.55. The Morgan fingerprint density at radius 1 is 1.26 bits per heavy atom. The number of aromatic nitrogens is 2. The number of hydrogen-bond donors (Lipinski definition) is 1. The number of nitrogens with one attached hydrogen (secondary N) is 1. The molecule has 0 bridgehead atoms. The van der Waals surface area contributed by atoms with Crippen molar-refractivity contribution in [1.82, 2.24) is 14.9 Å². The normalized spacial score (nSPS) is 12.6. The fraction of sp³-hybridized carbons (Fsp3) is 0.467. The number of aryl methyl sites for hydroxylation is 3. The molecule has 1 aromatic heterocycles. The molecule has 102 valence electrons. The van der Waals surface area contributed by atoms with Gasteiger partial charge in [-0.25, -0.2) is 0 Å². The summed E-state index contributed by atoms with van der Waals surface area (Å²) in [4.78, 5) is 1.22. The van der Waals surface area contributed by atoms with E-state index in [2.05, 4.69) is 53.9 Å². The van der Waals surface area contributed by atoms with E-state index < -0.39 is 0 Å². The zero-order chi connectivity index (χ0) is 13.8. The van der Waals surface area contributed by atoms with Gasteiger partial charge in [0.2, 0.25) is 0 Å². The van der Waals surface area contributed by atoms with E-state index in [9.17, 15) is 0 Å². The predicted molar refractivity (Wildman–Crippen MR) is 80.7 cm³/mol. The van der Waals surface area contributed by atoms with Crippen LogP contribution in [-0.4, -0.2) is 16.1 Å². The first-order valence-corrected chi connectivity index (χ1v) is 7.50. The molecule has 3 nitrogen and oxygen atoms in total. The maximum atomic E-state index is 4.15. The molecule has 2 aromatic rings. The highest BCUT2D eigenvalue weighted by atomic mass is 32.1. The Morgan fingerprint density at radius 3 is 2.63 bits per heavy atom. The van der Waals surface area contributed by atoms with Gasteiger partial charge in [-0.3, -0.25) is 0 Å². The van der Waals surface area contributed by atoms with Crippen molar-refractivity contribution in [2.24, 2.45) is 0 Å². The molecule has 19 heavy (non-hydrogen) atoms. The molecule has 0 saturated carbocycles. The van der Waals surface area contributed by atoms with Crippen LogP contribution in [0.15, 0.2) is 18.2 Å². The molecule has 0 aliphatic carbocycles. The van der Waals surface area contributed by atoms with Gasteiger partial charge in [-0.05, 0) is 56.4 Å². The lowest BCUT2D eigenvalue weighted by Gasteiger charge is -2.20. The topological polar surface area (TPSA) is 37.8 Å². The smallest absolute Gasteiger partial charge is 0.0776 e. The summed E-state index contributed by atoms with van der Waals surface area (Å²) in [7, 11) is 0. The minimum atomic E-state index is 0.209. The van der Waals surface area contributed by atoms with E-state index >= 15 is 0 Å². The van der Waals surface area contributed by atoms with Gasteiger partial charge in [-0.1, -0.05) is 35.2 Å². The molecule has 0 amide bonds. The molecule has 0 radical (unpaired) electrons. The van der Waals surface area contributed by atoms with Gasteiger partial charge in [0.15, 0.2) is 0 Å². The lowest BCUT2D eigenvalue weighted by molar-refractivity contribution is 0.600. The maximum Gasteiger partial charge on any atom is 0.0776 e. The summed E-state index contributed by atoms with van der Waals surface area (Å²) < 4.78 is 4.08. The van der Waals surface area contributed by atoms with Crippen molar-refractivity contribution in [2.75, 3.05) is 6.54 Å². The fourth-order valence-electron chi connectivity index (χ4n) is 2.28. The fourth-order valence-corrected chi connectivity index (χ4v) is 3.02. The molecule has 1 unspecified atom stereocenters. The SMILES string of the molecule is CCCNC(c1ccc(C)cc1C)c1snnc1C. The van der Waals surface area contributed by atoms with E-state index in [1.807, 2.05) is 6.92 Å². The van der Waals surface area contributed by atoms with Gasteiger partial charge in [-0.15, -0.1) is 5.10 Å². The molecule has 1 N–H and O–H groups in total. The van der Waals surface area contributed by atoms with Crippen LogP contribution in [0.3, 0.4) is 0 Å². The Balaban J connectivity index is 2.40. The van der Waals surface area contributed by atoms with Crippen molar-refractivity contribution in [1.29, 1.82) is 0 Å². The summed E-state index contributed by atoms with van der Waals surface area (Å²) >= 11 is 1.49.